The van der Waals surface area contributed by atoms with Crippen molar-refractivity contribution in [3.05, 3.63) is 52.0 Å². The molecule has 2 aromatic carbocycles. The number of methoxy groups -OCH3 is 2. The summed E-state index contributed by atoms with van der Waals surface area (Å²) in [7, 11) is -1.15. The molecule has 2 rings (SSSR count). The summed E-state index contributed by atoms with van der Waals surface area (Å²) >= 11 is 11.9. The SMILES string of the molecule is COc1ccc(OC)c(S(=O)(=O)N/N=C/c2cccc(Cl)c2Cl)c1. The summed E-state index contributed by atoms with van der Waals surface area (Å²) in [5.41, 5.74) is 0.476. The fourth-order valence-electron chi connectivity index (χ4n) is 1.83. The molecule has 0 aromatic heterocycles. The van der Waals surface area contributed by atoms with Crippen molar-refractivity contribution in [1.29, 1.82) is 0 Å². The molecule has 2 aromatic rings. The quantitative estimate of drug-likeness (QED) is 0.608. The fourth-order valence-corrected chi connectivity index (χ4v) is 3.16. The number of ether oxygens (including phenoxy) is 2. The summed E-state index contributed by atoms with van der Waals surface area (Å²) < 4.78 is 34.9. The maximum Gasteiger partial charge on any atom is 0.280 e. The minimum atomic E-state index is -3.96. The average molecular weight is 389 g/mol. The third kappa shape index (κ3) is 4.11. The van der Waals surface area contributed by atoms with E-state index in [1.807, 2.05) is 0 Å². The Hall–Kier alpha value is -1.96. The predicted octanol–water partition coefficient (Wildman–Crippen LogP) is 3.32. The Morgan fingerprint density at radius 2 is 1.88 bits per heavy atom. The normalized spacial score (nSPS) is 11.5. The van der Waals surface area contributed by atoms with E-state index in [1.165, 1.54) is 32.6 Å². The van der Waals surface area contributed by atoms with Gasteiger partial charge in [-0.1, -0.05) is 35.3 Å². The molecule has 0 atom stereocenters. The van der Waals surface area contributed by atoms with E-state index in [2.05, 4.69) is 9.93 Å². The van der Waals surface area contributed by atoms with Gasteiger partial charge in [0, 0.05) is 11.6 Å². The summed E-state index contributed by atoms with van der Waals surface area (Å²) in [5, 5.41) is 4.34. The molecule has 24 heavy (non-hydrogen) atoms. The van der Waals surface area contributed by atoms with Crippen molar-refractivity contribution in [2.75, 3.05) is 14.2 Å². The third-order valence-electron chi connectivity index (χ3n) is 3.02. The fraction of sp³-hybridized carbons (Fsp3) is 0.133. The van der Waals surface area contributed by atoms with Gasteiger partial charge in [-0.3, -0.25) is 0 Å². The van der Waals surface area contributed by atoms with Crippen molar-refractivity contribution in [3.63, 3.8) is 0 Å². The molecule has 0 radical (unpaired) electrons. The zero-order valence-corrected chi connectivity index (χ0v) is 15.1. The van der Waals surface area contributed by atoms with Gasteiger partial charge in [-0.15, -0.1) is 0 Å². The number of sulfonamides is 1. The molecule has 0 fully saturated rings. The van der Waals surface area contributed by atoms with Crippen molar-refractivity contribution in [1.82, 2.24) is 4.83 Å². The van der Waals surface area contributed by atoms with E-state index >= 15 is 0 Å². The van der Waals surface area contributed by atoms with Gasteiger partial charge in [0.1, 0.15) is 16.4 Å². The first-order chi connectivity index (χ1) is 11.4. The van der Waals surface area contributed by atoms with Crippen LogP contribution in [0.1, 0.15) is 5.56 Å². The zero-order valence-electron chi connectivity index (χ0n) is 12.8. The van der Waals surface area contributed by atoms with E-state index in [1.54, 1.807) is 24.3 Å². The summed E-state index contributed by atoms with van der Waals surface area (Å²) in [6, 6.07) is 9.36. The molecular formula is C15H14Cl2N2O4S. The molecule has 0 saturated heterocycles. The molecule has 0 spiro atoms. The molecule has 0 unspecified atom stereocenters. The van der Waals surface area contributed by atoms with Gasteiger partial charge in [0.05, 0.1) is 30.5 Å². The Bertz CT molecular complexity index is 870. The molecule has 6 nitrogen and oxygen atoms in total. The summed E-state index contributed by atoms with van der Waals surface area (Å²) in [4.78, 5) is 2.00. The minimum Gasteiger partial charge on any atom is -0.497 e. The highest BCUT2D eigenvalue weighted by molar-refractivity contribution is 7.89. The number of hydrogen-bond donors (Lipinski definition) is 1. The first kappa shape index (κ1) is 18.4. The van der Waals surface area contributed by atoms with Crippen molar-refractivity contribution >= 4 is 39.4 Å². The van der Waals surface area contributed by atoms with Gasteiger partial charge in [-0.25, -0.2) is 0 Å². The van der Waals surface area contributed by atoms with Gasteiger partial charge < -0.3 is 9.47 Å². The van der Waals surface area contributed by atoms with E-state index < -0.39 is 10.0 Å². The van der Waals surface area contributed by atoms with E-state index in [4.69, 9.17) is 32.7 Å². The molecular weight excluding hydrogens is 375 g/mol. The van der Waals surface area contributed by atoms with Crippen LogP contribution in [0.25, 0.3) is 0 Å². The topological polar surface area (TPSA) is 77.0 Å². The summed E-state index contributed by atoms with van der Waals surface area (Å²) in [6.45, 7) is 0. The van der Waals surface area contributed by atoms with Crippen LogP contribution in [0, 0.1) is 0 Å². The lowest BCUT2D eigenvalue weighted by atomic mass is 10.2. The number of nitrogens with zero attached hydrogens (tertiary/aromatic N) is 1. The Labute approximate surface area is 150 Å². The molecule has 128 valence electrons. The smallest absolute Gasteiger partial charge is 0.280 e. The summed E-state index contributed by atoms with van der Waals surface area (Å²) in [5.74, 6) is 0.539. The van der Waals surface area contributed by atoms with Crippen molar-refractivity contribution in [3.8, 4) is 11.5 Å². The first-order valence-corrected chi connectivity index (χ1v) is 8.84. The zero-order chi connectivity index (χ0) is 17.7. The molecule has 0 aliphatic carbocycles. The lowest BCUT2D eigenvalue weighted by molar-refractivity contribution is 0.392. The third-order valence-corrected chi connectivity index (χ3v) is 5.10. The highest BCUT2D eigenvalue weighted by Crippen LogP contribution is 2.28. The van der Waals surface area contributed by atoms with Crippen LogP contribution in [0.5, 0.6) is 11.5 Å². The van der Waals surface area contributed by atoms with Crippen molar-refractivity contribution in [2.24, 2.45) is 5.10 Å². The van der Waals surface area contributed by atoms with Crippen LogP contribution in [0.4, 0.5) is 0 Å². The van der Waals surface area contributed by atoms with Gasteiger partial charge in [0.25, 0.3) is 10.0 Å². The maximum absolute atomic E-state index is 12.4. The molecule has 0 amide bonds. The number of halogens is 2. The van der Waals surface area contributed by atoms with Crippen LogP contribution in [0.2, 0.25) is 10.0 Å². The molecule has 0 heterocycles. The number of hydrogen-bond acceptors (Lipinski definition) is 5. The molecule has 1 N–H and O–H groups in total. The lowest BCUT2D eigenvalue weighted by Gasteiger charge is -2.10. The minimum absolute atomic E-state index is 0.0984. The molecule has 0 aliphatic heterocycles. The lowest BCUT2D eigenvalue weighted by Crippen LogP contribution is -2.19. The van der Waals surface area contributed by atoms with Gasteiger partial charge in [0.15, 0.2) is 0 Å². The molecule has 0 saturated carbocycles. The average Bonchev–Trinajstić information content (AvgIpc) is 2.58. The number of hydrazone groups is 1. The highest BCUT2D eigenvalue weighted by atomic mass is 35.5. The Balaban J connectivity index is 2.29. The number of nitrogens with one attached hydrogen (secondary N) is 1. The van der Waals surface area contributed by atoms with Gasteiger partial charge >= 0.3 is 0 Å². The van der Waals surface area contributed by atoms with Gasteiger partial charge in [-0.05, 0) is 18.2 Å². The Kier molecular flexibility index (Phi) is 5.93. The number of benzene rings is 2. The van der Waals surface area contributed by atoms with Crippen LogP contribution in [-0.2, 0) is 10.0 Å². The van der Waals surface area contributed by atoms with Crippen LogP contribution < -0.4 is 14.3 Å². The van der Waals surface area contributed by atoms with Crippen LogP contribution in [0.15, 0.2) is 46.4 Å². The predicted molar refractivity (Wildman–Crippen MR) is 93.9 cm³/mol. The molecule has 9 heteroatoms. The Morgan fingerprint density at radius 3 is 2.54 bits per heavy atom. The second-order valence-corrected chi connectivity index (χ2v) is 6.93. The van der Waals surface area contributed by atoms with Gasteiger partial charge in [-0.2, -0.15) is 18.4 Å². The highest BCUT2D eigenvalue weighted by Gasteiger charge is 2.20. The second kappa shape index (κ2) is 7.74. The van der Waals surface area contributed by atoms with Crippen LogP contribution in [0.3, 0.4) is 0 Å². The maximum atomic E-state index is 12.4. The van der Waals surface area contributed by atoms with Gasteiger partial charge in [0.2, 0.25) is 0 Å². The standard InChI is InChI=1S/C15H14Cl2N2O4S/c1-22-11-6-7-13(23-2)14(8-11)24(20,21)19-18-9-10-4-3-5-12(16)15(10)17/h3-9,19H,1-2H3/b18-9+. The van der Waals surface area contributed by atoms with Crippen molar-refractivity contribution < 1.29 is 17.9 Å². The second-order valence-electron chi connectivity index (χ2n) is 4.51. The molecule has 0 bridgehead atoms. The van der Waals surface area contributed by atoms with E-state index in [9.17, 15) is 8.42 Å². The molecule has 0 aliphatic rings. The first-order valence-electron chi connectivity index (χ1n) is 6.60. The van der Waals surface area contributed by atoms with E-state index in [0.717, 1.165) is 0 Å². The monoisotopic (exact) mass is 388 g/mol. The van der Waals surface area contributed by atoms with Crippen molar-refractivity contribution in [2.45, 2.75) is 4.90 Å². The number of rotatable bonds is 6. The van der Waals surface area contributed by atoms with E-state index in [0.29, 0.717) is 16.3 Å². The largest absolute Gasteiger partial charge is 0.497 e. The van der Waals surface area contributed by atoms with Crippen LogP contribution in [-0.4, -0.2) is 28.9 Å². The Morgan fingerprint density at radius 1 is 1.12 bits per heavy atom. The van der Waals surface area contributed by atoms with Crippen LogP contribution >= 0.6 is 23.2 Å². The summed E-state index contributed by atoms with van der Waals surface area (Å²) in [6.07, 6.45) is 1.26. The van der Waals surface area contributed by atoms with E-state index in [-0.39, 0.29) is 15.7 Å².